The molecular formula is C17H21N7O2S. The van der Waals surface area contributed by atoms with Crippen LogP contribution in [-0.4, -0.2) is 42.3 Å². The number of aromatic nitrogens is 4. The second-order valence-electron chi connectivity index (χ2n) is 6.24. The first-order valence-electron chi connectivity index (χ1n) is 8.14. The van der Waals surface area contributed by atoms with Crippen LogP contribution >= 0.6 is 0 Å². The van der Waals surface area contributed by atoms with Crippen molar-refractivity contribution in [2.24, 2.45) is 7.05 Å². The third-order valence-electron chi connectivity index (χ3n) is 3.93. The average molecular weight is 387 g/mol. The fraction of sp³-hybridized carbons (Fsp3) is 0.235. The number of hydrogen-bond donors (Lipinski definition) is 2. The summed E-state index contributed by atoms with van der Waals surface area (Å²) in [6.45, 7) is 1.74. The first-order valence-corrected chi connectivity index (χ1v) is 9.63. The van der Waals surface area contributed by atoms with Crippen LogP contribution in [0.1, 0.15) is 5.82 Å². The monoisotopic (exact) mass is 387 g/mol. The van der Waals surface area contributed by atoms with Gasteiger partial charge in [-0.15, -0.1) is 5.10 Å². The molecule has 0 aliphatic heterocycles. The van der Waals surface area contributed by atoms with Crippen molar-refractivity contribution < 1.29 is 8.42 Å². The molecule has 0 radical (unpaired) electrons. The lowest BCUT2D eigenvalue weighted by Gasteiger charge is -2.13. The number of aryl methyl sites for hydroxylation is 2. The summed E-state index contributed by atoms with van der Waals surface area (Å²) in [5.41, 5.74) is 2.12. The fourth-order valence-corrected chi connectivity index (χ4v) is 3.39. The van der Waals surface area contributed by atoms with Crippen molar-refractivity contribution in [3.05, 3.63) is 48.5 Å². The lowest BCUT2D eigenvalue weighted by molar-refractivity contribution is 0.598. The maximum atomic E-state index is 12.4. The minimum absolute atomic E-state index is 0.0134. The Morgan fingerprint density at radius 2 is 1.78 bits per heavy atom. The normalized spacial score (nSPS) is 11.3. The molecule has 0 aliphatic rings. The summed E-state index contributed by atoms with van der Waals surface area (Å²) in [5.74, 6) is 1.22. The third-order valence-corrected chi connectivity index (χ3v) is 5.18. The van der Waals surface area contributed by atoms with E-state index in [-0.39, 0.29) is 5.03 Å². The van der Waals surface area contributed by atoms with Crippen LogP contribution in [0.4, 0.5) is 22.9 Å². The summed E-state index contributed by atoms with van der Waals surface area (Å²) in [6, 6.07) is 8.71. The van der Waals surface area contributed by atoms with Crippen LogP contribution in [-0.2, 0) is 17.1 Å². The van der Waals surface area contributed by atoms with Gasteiger partial charge in [-0.25, -0.2) is 4.98 Å². The topological polar surface area (TPSA) is 105 Å². The van der Waals surface area contributed by atoms with E-state index in [0.29, 0.717) is 17.3 Å². The quantitative estimate of drug-likeness (QED) is 0.667. The predicted octanol–water partition coefficient (Wildman–Crippen LogP) is 2.13. The van der Waals surface area contributed by atoms with E-state index in [1.807, 2.05) is 25.1 Å². The van der Waals surface area contributed by atoms with Gasteiger partial charge in [-0.05, 0) is 31.2 Å². The Kier molecular flexibility index (Phi) is 5.00. The van der Waals surface area contributed by atoms with E-state index < -0.39 is 10.0 Å². The number of imidazole rings is 1. The van der Waals surface area contributed by atoms with Crippen LogP contribution in [0.25, 0.3) is 0 Å². The van der Waals surface area contributed by atoms with Gasteiger partial charge in [0.1, 0.15) is 5.82 Å². The molecule has 0 saturated carbocycles. The van der Waals surface area contributed by atoms with Crippen molar-refractivity contribution >= 4 is 32.9 Å². The second kappa shape index (κ2) is 7.23. The van der Waals surface area contributed by atoms with Gasteiger partial charge < -0.3 is 14.8 Å². The molecule has 9 nitrogen and oxygen atoms in total. The SMILES string of the molecule is Cc1nc(S(=O)(=O)Nc2ccc(Nc3cc(N(C)C)cnn3)cc2)cn1C. The van der Waals surface area contributed by atoms with Gasteiger partial charge in [0.2, 0.25) is 0 Å². The van der Waals surface area contributed by atoms with Crippen molar-refractivity contribution in [2.45, 2.75) is 11.9 Å². The molecule has 3 rings (SSSR count). The number of sulfonamides is 1. The second-order valence-corrected chi connectivity index (χ2v) is 7.87. The van der Waals surface area contributed by atoms with Crippen molar-refractivity contribution in [1.82, 2.24) is 19.7 Å². The van der Waals surface area contributed by atoms with Crippen LogP contribution in [0.5, 0.6) is 0 Å². The Hall–Kier alpha value is -3.14. The first kappa shape index (κ1) is 18.6. The summed E-state index contributed by atoms with van der Waals surface area (Å²) < 4.78 is 29.0. The number of anilines is 4. The molecule has 0 spiro atoms. The van der Waals surface area contributed by atoms with Crippen LogP contribution in [0, 0.1) is 6.92 Å². The van der Waals surface area contributed by atoms with E-state index >= 15 is 0 Å². The van der Waals surface area contributed by atoms with Gasteiger partial charge in [-0.1, -0.05) is 0 Å². The minimum Gasteiger partial charge on any atom is -0.376 e. The molecule has 10 heteroatoms. The van der Waals surface area contributed by atoms with Gasteiger partial charge in [0.25, 0.3) is 10.0 Å². The molecule has 142 valence electrons. The number of nitrogens with zero attached hydrogens (tertiary/aromatic N) is 5. The molecule has 0 unspecified atom stereocenters. The summed E-state index contributed by atoms with van der Waals surface area (Å²) in [4.78, 5) is 5.98. The van der Waals surface area contributed by atoms with Crippen molar-refractivity contribution in [2.75, 3.05) is 29.0 Å². The Labute approximate surface area is 158 Å². The molecule has 0 bridgehead atoms. The number of benzene rings is 1. The van der Waals surface area contributed by atoms with Crippen molar-refractivity contribution in [3.63, 3.8) is 0 Å². The highest BCUT2D eigenvalue weighted by molar-refractivity contribution is 7.92. The summed E-state index contributed by atoms with van der Waals surface area (Å²) in [6.07, 6.45) is 3.15. The van der Waals surface area contributed by atoms with E-state index in [4.69, 9.17) is 0 Å². The standard InChI is InChI=1S/C17H21N7O2S/c1-12-19-17(11-24(12)4)27(25,26)22-14-7-5-13(6-8-14)20-16-9-15(23(2)3)10-18-21-16/h5-11,22H,1-4H3,(H,20,21). The van der Waals surface area contributed by atoms with Gasteiger partial charge in [-0.2, -0.15) is 13.5 Å². The van der Waals surface area contributed by atoms with E-state index in [9.17, 15) is 8.42 Å². The largest absolute Gasteiger partial charge is 0.376 e. The molecule has 0 saturated heterocycles. The van der Waals surface area contributed by atoms with Crippen molar-refractivity contribution in [3.8, 4) is 0 Å². The lowest BCUT2D eigenvalue weighted by atomic mass is 10.3. The van der Waals surface area contributed by atoms with Gasteiger partial charge in [0, 0.05) is 44.8 Å². The number of rotatable bonds is 6. The van der Waals surface area contributed by atoms with Gasteiger partial charge >= 0.3 is 0 Å². The molecule has 0 amide bonds. The molecule has 3 aromatic rings. The fourth-order valence-electron chi connectivity index (χ4n) is 2.29. The summed E-state index contributed by atoms with van der Waals surface area (Å²) >= 11 is 0. The Balaban J connectivity index is 1.73. The molecule has 0 fully saturated rings. The van der Waals surface area contributed by atoms with E-state index in [2.05, 4.69) is 25.2 Å². The van der Waals surface area contributed by atoms with Gasteiger partial charge in [0.05, 0.1) is 11.9 Å². The van der Waals surface area contributed by atoms with Crippen LogP contribution in [0.3, 0.4) is 0 Å². The van der Waals surface area contributed by atoms with E-state index in [1.54, 1.807) is 49.0 Å². The number of hydrogen-bond acceptors (Lipinski definition) is 7. The zero-order valence-corrected chi connectivity index (χ0v) is 16.3. The molecule has 2 heterocycles. The molecule has 0 atom stereocenters. The zero-order chi connectivity index (χ0) is 19.6. The van der Waals surface area contributed by atoms with Crippen LogP contribution in [0.2, 0.25) is 0 Å². The molecular weight excluding hydrogens is 366 g/mol. The Morgan fingerprint density at radius 3 is 2.37 bits per heavy atom. The smallest absolute Gasteiger partial charge is 0.280 e. The molecule has 27 heavy (non-hydrogen) atoms. The average Bonchev–Trinajstić information content (AvgIpc) is 2.97. The number of nitrogens with one attached hydrogen (secondary N) is 2. The van der Waals surface area contributed by atoms with E-state index in [1.165, 1.54) is 6.20 Å². The highest BCUT2D eigenvalue weighted by Crippen LogP contribution is 2.21. The first-order chi connectivity index (χ1) is 12.7. The third kappa shape index (κ3) is 4.34. The Bertz CT molecular complexity index is 1020. The zero-order valence-electron chi connectivity index (χ0n) is 15.5. The van der Waals surface area contributed by atoms with Crippen LogP contribution < -0.4 is 14.9 Å². The van der Waals surface area contributed by atoms with Gasteiger partial charge in [0.15, 0.2) is 10.8 Å². The highest BCUT2D eigenvalue weighted by atomic mass is 32.2. The maximum Gasteiger partial charge on any atom is 0.280 e. The minimum atomic E-state index is -3.73. The van der Waals surface area contributed by atoms with Gasteiger partial charge in [-0.3, -0.25) is 4.72 Å². The van der Waals surface area contributed by atoms with Crippen molar-refractivity contribution in [1.29, 1.82) is 0 Å². The maximum absolute atomic E-state index is 12.4. The predicted molar refractivity (Wildman–Crippen MR) is 105 cm³/mol. The van der Waals surface area contributed by atoms with Crippen LogP contribution in [0.15, 0.2) is 47.8 Å². The summed E-state index contributed by atoms with van der Waals surface area (Å²) in [5, 5.41) is 11.1. The summed E-state index contributed by atoms with van der Waals surface area (Å²) in [7, 11) is 1.86. The van der Waals surface area contributed by atoms with E-state index in [0.717, 1.165) is 11.4 Å². The molecule has 2 N–H and O–H groups in total. The molecule has 2 aromatic heterocycles. The molecule has 1 aromatic carbocycles. The Morgan fingerprint density at radius 1 is 1.11 bits per heavy atom. The molecule has 0 aliphatic carbocycles. The lowest BCUT2D eigenvalue weighted by Crippen LogP contribution is -2.13. The highest BCUT2D eigenvalue weighted by Gasteiger charge is 2.18.